The van der Waals surface area contributed by atoms with Gasteiger partial charge in [0.05, 0.1) is 4.90 Å². The third-order valence-electron chi connectivity index (χ3n) is 4.72. The molecule has 1 aliphatic carbocycles. The van der Waals surface area contributed by atoms with Gasteiger partial charge in [-0.15, -0.1) is 12.4 Å². The predicted octanol–water partition coefficient (Wildman–Crippen LogP) is 1.81. The van der Waals surface area contributed by atoms with Crippen molar-refractivity contribution in [2.45, 2.75) is 55.5 Å². The van der Waals surface area contributed by atoms with Crippen LogP contribution in [0, 0.1) is 0 Å². The summed E-state index contributed by atoms with van der Waals surface area (Å²) in [6.07, 6.45) is 5.86. The second-order valence-corrected chi connectivity index (χ2v) is 8.36. The molecule has 0 unspecified atom stereocenters. The smallest absolute Gasteiger partial charge is 0.251 e. The van der Waals surface area contributed by atoms with Crippen molar-refractivity contribution in [1.82, 2.24) is 15.4 Å². The second-order valence-electron chi connectivity index (χ2n) is 6.65. The van der Waals surface area contributed by atoms with Gasteiger partial charge in [0.25, 0.3) is 5.91 Å². The van der Waals surface area contributed by atoms with Crippen molar-refractivity contribution in [2.24, 2.45) is 0 Å². The number of carbonyl (C=O) groups is 1. The van der Waals surface area contributed by atoms with Gasteiger partial charge in [-0.3, -0.25) is 4.79 Å². The Balaban J connectivity index is 0.00000225. The lowest BCUT2D eigenvalue weighted by Crippen LogP contribution is -2.45. The number of piperidine rings is 1. The topological polar surface area (TPSA) is 87.3 Å². The zero-order chi connectivity index (χ0) is 17.0. The quantitative estimate of drug-likeness (QED) is 0.719. The number of benzene rings is 1. The molecular formula is C17H26ClN3O3S. The van der Waals surface area contributed by atoms with Crippen LogP contribution >= 0.6 is 12.4 Å². The van der Waals surface area contributed by atoms with E-state index in [2.05, 4.69) is 15.4 Å². The highest BCUT2D eigenvalue weighted by Crippen LogP contribution is 2.21. The Labute approximate surface area is 155 Å². The van der Waals surface area contributed by atoms with E-state index in [1.807, 2.05) is 0 Å². The first-order valence-corrected chi connectivity index (χ1v) is 10.2. The van der Waals surface area contributed by atoms with Crippen LogP contribution in [0.5, 0.6) is 0 Å². The Kier molecular flexibility index (Phi) is 7.25. The summed E-state index contributed by atoms with van der Waals surface area (Å²) in [4.78, 5) is 12.5. The van der Waals surface area contributed by atoms with Crippen LogP contribution in [0.3, 0.4) is 0 Å². The van der Waals surface area contributed by atoms with Gasteiger partial charge in [0, 0.05) is 24.2 Å². The van der Waals surface area contributed by atoms with Crippen molar-refractivity contribution in [2.75, 3.05) is 13.1 Å². The van der Waals surface area contributed by atoms with Crippen LogP contribution < -0.4 is 15.4 Å². The highest BCUT2D eigenvalue weighted by Gasteiger charge is 2.24. The SMILES string of the molecule is Cl.O=C(N[C@H]1CCCNC1)c1cccc(S(=O)(=O)NC2CCCC2)c1. The largest absolute Gasteiger partial charge is 0.348 e. The standard InChI is InChI=1S/C17H25N3O3S.ClH/c21-17(19-15-8-4-10-18-12-15)13-5-3-9-16(11-13)24(22,23)20-14-6-1-2-7-14;/h3,5,9,11,14-15,18,20H,1-2,4,6-8,10,12H2,(H,19,21);1H/t15-;/m0./s1. The van der Waals surface area contributed by atoms with Crippen LogP contribution in [-0.2, 0) is 10.0 Å². The molecule has 0 radical (unpaired) electrons. The third-order valence-corrected chi connectivity index (χ3v) is 6.23. The van der Waals surface area contributed by atoms with Crippen LogP contribution in [0.2, 0.25) is 0 Å². The van der Waals surface area contributed by atoms with Gasteiger partial charge in [-0.1, -0.05) is 18.9 Å². The molecule has 1 amide bonds. The van der Waals surface area contributed by atoms with Crippen LogP contribution in [0.1, 0.15) is 48.9 Å². The van der Waals surface area contributed by atoms with Crippen LogP contribution in [0.25, 0.3) is 0 Å². The summed E-state index contributed by atoms with van der Waals surface area (Å²) in [6, 6.07) is 6.39. The maximum atomic E-state index is 12.5. The van der Waals surface area contributed by atoms with Crippen molar-refractivity contribution in [3.05, 3.63) is 29.8 Å². The normalized spacial score (nSPS) is 21.5. The first kappa shape index (κ1) is 20.2. The van der Waals surface area contributed by atoms with Gasteiger partial charge < -0.3 is 10.6 Å². The van der Waals surface area contributed by atoms with Gasteiger partial charge in [0.1, 0.15) is 0 Å². The van der Waals surface area contributed by atoms with Gasteiger partial charge in [-0.05, 0) is 50.4 Å². The monoisotopic (exact) mass is 387 g/mol. The maximum absolute atomic E-state index is 12.5. The summed E-state index contributed by atoms with van der Waals surface area (Å²) in [5.74, 6) is -0.221. The fourth-order valence-corrected chi connectivity index (χ4v) is 4.73. The Morgan fingerprint density at radius 3 is 2.48 bits per heavy atom. The summed E-state index contributed by atoms with van der Waals surface area (Å²) < 4.78 is 27.7. The predicted molar refractivity (Wildman–Crippen MR) is 99.6 cm³/mol. The van der Waals surface area contributed by atoms with E-state index in [0.29, 0.717) is 5.56 Å². The first-order chi connectivity index (χ1) is 11.5. The van der Waals surface area contributed by atoms with Gasteiger partial charge in [-0.2, -0.15) is 0 Å². The average molecular weight is 388 g/mol. The highest BCUT2D eigenvalue weighted by molar-refractivity contribution is 7.89. The summed E-state index contributed by atoms with van der Waals surface area (Å²) in [5, 5.41) is 6.22. The molecule has 3 rings (SSSR count). The van der Waals surface area contributed by atoms with Crippen molar-refractivity contribution in [3.63, 3.8) is 0 Å². The van der Waals surface area contributed by atoms with E-state index in [1.54, 1.807) is 12.1 Å². The minimum Gasteiger partial charge on any atom is -0.348 e. The lowest BCUT2D eigenvalue weighted by Gasteiger charge is -2.23. The number of sulfonamides is 1. The molecule has 1 aromatic rings. The molecule has 1 atom stereocenters. The average Bonchev–Trinajstić information content (AvgIpc) is 3.08. The molecule has 0 bridgehead atoms. The van der Waals surface area contributed by atoms with Crippen LogP contribution in [-0.4, -0.2) is 39.5 Å². The molecule has 8 heteroatoms. The fourth-order valence-electron chi connectivity index (χ4n) is 3.38. The molecular weight excluding hydrogens is 362 g/mol. The Morgan fingerprint density at radius 1 is 1.08 bits per heavy atom. The first-order valence-electron chi connectivity index (χ1n) is 8.68. The number of rotatable bonds is 5. The number of amides is 1. The zero-order valence-corrected chi connectivity index (χ0v) is 15.8. The molecule has 1 saturated heterocycles. The molecule has 1 aliphatic heterocycles. The number of nitrogens with one attached hydrogen (secondary N) is 3. The molecule has 0 spiro atoms. The fraction of sp³-hybridized carbons (Fsp3) is 0.588. The Hall–Kier alpha value is -1.15. The number of carbonyl (C=O) groups excluding carboxylic acids is 1. The number of hydrogen-bond donors (Lipinski definition) is 3. The lowest BCUT2D eigenvalue weighted by molar-refractivity contribution is 0.0930. The van der Waals surface area contributed by atoms with E-state index in [1.165, 1.54) is 12.1 Å². The molecule has 25 heavy (non-hydrogen) atoms. The van der Waals surface area contributed by atoms with Crippen molar-refractivity contribution < 1.29 is 13.2 Å². The second kappa shape index (κ2) is 8.98. The summed E-state index contributed by atoms with van der Waals surface area (Å²) in [7, 11) is -3.58. The van der Waals surface area contributed by atoms with Gasteiger partial charge in [0.15, 0.2) is 0 Å². The van der Waals surface area contributed by atoms with E-state index in [4.69, 9.17) is 0 Å². The lowest BCUT2D eigenvalue weighted by atomic mass is 10.1. The summed E-state index contributed by atoms with van der Waals surface area (Å²) in [5.41, 5.74) is 0.384. The van der Waals surface area contributed by atoms with Crippen LogP contribution in [0.15, 0.2) is 29.2 Å². The van der Waals surface area contributed by atoms with Crippen LogP contribution in [0.4, 0.5) is 0 Å². The highest BCUT2D eigenvalue weighted by atomic mass is 35.5. The van der Waals surface area contributed by atoms with Gasteiger partial charge in [0.2, 0.25) is 10.0 Å². The van der Waals surface area contributed by atoms with E-state index >= 15 is 0 Å². The Morgan fingerprint density at radius 2 is 1.80 bits per heavy atom. The van der Waals surface area contributed by atoms with E-state index in [0.717, 1.165) is 51.6 Å². The number of halogens is 1. The van der Waals surface area contributed by atoms with Gasteiger partial charge in [-0.25, -0.2) is 13.1 Å². The van der Waals surface area contributed by atoms with Crippen molar-refractivity contribution >= 4 is 28.3 Å². The van der Waals surface area contributed by atoms with E-state index in [-0.39, 0.29) is 35.3 Å². The molecule has 1 aromatic carbocycles. The van der Waals surface area contributed by atoms with Gasteiger partial charge >= 0.3 is 0 Å². The molecule has 3 N–H and O–H groups in total. The van der Waals surface area contributed by atoms with E-state index in [9.17, 15) is 13.2 Å². The summed E-state index contributed by atoms with van der Waals surface area (Å²) >= 11 is 0. The molecule has 140 valence electrons. The van der Waals surface area contributed by atoms with Crippen molar-refractivity contribution in [1.29, 1.82) is 0 Å². The molecule has 2 aliphatic rings. The Bertz CT molecular complexity index is 684. The molecule has 1 heterocycles. The minimum absolute atomic E-state index is 0. The molecule has 6 nitrogen and oxygen atoms in total. The van der Waals surface area contributed by atoms with Crippen molar-refractivity contribution in [3.8, 4) is 0 Å². The minimum atomic E-state index is -3.58. The third kappa shape index (κ3) is 5.41. The molecule has 2 fully saturated rings. The molecule has 0 aromatic heterocycles. The molecule has 1 saturated carbocycles. The maximum Gasteiger partial charge on any atom is 0.251 e. The van der Waals surface area contributed by atoms with E-state index < -0.39 is 10.0 Å². The summed E-state index contributed by atoms with van der Waals surface area (Å²) in [6.45, 7) is 1.74. The zero-order valence-electron chi connectivity index (χ0n) is 14.2. The number of hydrogen-bond acceptors (Lipinski definition) is 4.